The molecule has 0 saturated carbocycles. The zero-order valence-electron chi connectivity index (χ0n) is 9.31. The van der Waals surface area contributed by atoms with E-state index in [0.717, 1.165) is 11.1 Å². The summed E-state index contributed by atoms with van der Waals surface area (Å²) in [5.41, 5.74) is 7.01. The highest BCUT2D eigenvalue weighted by Gasteiger charge is 2.35. The Hall–Kier alpha value is -1.83. The number of amides is 1. The molecule has 16 heavy (non-hydrogen) atoms. The number of hydrogen-bond donors (Lipinski definition) is 1. The highest BCUT2D eigenvalue weighted by atomic mass is 16.1. The number of allylic oxidation sites excluding steroid dienone is 3. The van der Waals surface area contributed by atoms with Gasteiger partial charge in [-0.05, 0) is 18.9 Å². The maximum Gasteiger partial charge on any atom is 0.232 e. The highest BCUT2D eigenvalue weighted by molar-refractivity contribution is 5.89. The number of primary amides is 1. The van der Waals surface area contributed by atoms with Gasteiger partial charge < -0.3 is 5.73 Å². The van der Waals surface area contributed by atoms with Crippen molar-refractivity contribution in [2.45, 2.75) is 18.8 Å². The van der Waals surface area contributed by atoms with Gasteiger partial charge in [0.05, 0.1) is 5.41 Å². The van der Waals surface area contributed by atoms with E-state index in [9.17, 15) is 4.79 Å². The molecule has 0 spiro atoms. The molecule has 2 nitrogen and oxygen atoms in total. The first-order valence-electron chi connectivity index (χ1n) is 5.36. The minimum atomic E-state index is -0.666. The van der Waals surface area contributed by atoms with Crippen molar-refractivity contribution in [2.24, 2.45) is 5.73 Å². The van der Waals surface area contributed by atoms with Crippen LogP contribution in [0.15, 0.2) is 48.6 Å². The average Bonchev–Trinajstić information content (AvgIpc) is 2.30. The minimum absolute atomic E-state index is 0.293. The van der Waals surface area contributed by atoms with Gasteiger partial charge in [-0.2, -0.15) is 0 Å². The molecular weight excluding hydrogens is 198 g/mol. The van der Waals surface area contributed by atoms with Gasteiger partial charge in [-0.3, -0.25) is 4.79 Å². The molecule has 2 rings (SSSR count). The van der Waals surface area contributed by atoms with E-state index in [0.29, 0.717) is 6.42 Å². The van der Waals surface area contributed by atoms with E-state index in [2.05, 4.69) is 0 Å². The molecular formula is C14H15NO. The highest BCUT2D eigenvalue weighted by Crippen LogP contribution is 2.32. The molecule has 0 saturated heterocycles. The molecule has 1 aromatic rings. The number of rotatable bonds is 2. The number of aryl methyl sites for hydroxylation is 1. The number of nitrogens with two attached hydrogens (primary N) is 1. The van der Waals surface area contributed by atoms with Gasteiger partial charge in [-0.25, -0.2) is 0 Å². The molecule has 0 radical (unpaired) electrons. The molecule has 2 N–H and O–H groups in total. The summed E-state index contributed by atoms with van der Waals surface area (Å²) in [5.74, 6) is -0.293. The summed E-state index contributed by atoms with van der Waals surface area (Å²) in [4.78, 5) is 11.7. The van der Waals surface area contributed by atoms with Crippen molar-refractivity contribution in [2.75, 3.05) is 0 Å². The minimum Gasteiger partial charge on any atom is -0.369 e. The van der Waals surface area contributed by atoms with Gasteiger partial charge in [0.25, 0.3) is 0 Å². The van der Waals surface area contributed by atoms with Crippen molar-refractivity contribution in [3.8, 4) is 0 Å². The van der Waals surface area contributed by atoms with E-state index in [4.69, 9.17) is 5.73 Å². The van der Waals surface area contributed by atoms with Crippen molar-refractivity contribution in [3.05, 3.63) is 59.7 Å². The van der Waals surface area contributed by atoms with Crippen LogP contribution in [-0.2, 0) is 10.2 Å². The number of hydrogen-bond acceptors (Lipinski definition) is 1. The van der Waals surface area contributed by atoms with E-state index < -0.39 is 5.41 Å². The van der Waals surface area contributed by atoms with Gasteiger partial charge in [0.1, 0.15) is 0 Å². The van der Waals surface area contributed by atoms with Crippen LogP contribution in [0.3, 0.4) is 0 Å². The molecule has 1 atom stereocenters. The van der Waals surface area contributed by atoms with Crippen molar-refractivity contribution < 1.29 is 4.79 Å². The van der Waals surface area contributed by atoms with Crippen molar-refractivity contribution in [1.82, 2.24) is 0 Å². The largest absolute Gasteiger partial charge is 0.369 e. The van der Waals surface area contributed by atoms with Crippen LogP contribution in [0.2, 0.25) is 0 Å². The van der Waals surface area contributed by atoms with Crippen LogP contribution in [-0.4, -0.2) is 5.91 Å². The van der Waals surface area contributed by atoms with E-state index in [1.54, 1.807) is 0 Å². The van der Waals surface area contributed by atoms with Crippen molar-refractivity contribution in [3.63, 3.8) is 0 Å². The van der Waals surface area contributed by atoms with Gasteiger partial charge in [-0.15, -0.1) is 0 Å². The zero-order chi connectivity index (χ0) is 11.6. The topological polar surface area (TPSA) is 43.1 Å². The molecule has 1 unspecified atom stereocenters. The van der Waals surface area contributed by atoms with Crippen molar-refractivity contribution >= 4 is 5.91 Å². The third-order valence-corrected chi connectivity index (χ3v) is 3.04. The van der Waals surface area contributed by atoms with Crippen LogP contribution in [0.4, 0.5) is 0 Å². The van der Waals surface area contributed by atoms with Gasteiger partial charge in [0.2, 0.25) is 5.91 Å². The summed E-state index contributed by atoms with van der Waals surface area (Å²) in [6.07, 6.45) is 8.34. The lowest BCUT2D eigenvalue weighted by atomic mass is 9.74. The van der Waals surface area contributed by atoms with Gasteiger partial charge >= 0.3 is 0 Å². The van der Waals surface area contributed by atoms with Gasteiger partial charge in [0.15, 0.2) is 0 Å². The second-order valence-corrected chi connectivity index (χ2v) is 4.20. The lowest BCUT2D eigenvalue weighted by Gasteiger charge is -2.28. The Balaban J connectivity index is 2.52. The second kappa shape index (κ2) is 3.97. The van der Waals surface area contributed by atoms with Gasteiger partial charge in [-0.1, -0.05) is 54.1 Å². The van der Waals surface area contributed by atoms with E-state index in [-0.39, 0.29) is 5.91 Å². The molecule has 1 aliphatic carbocycles. The summed E-state index contributed by atoms with van der Waals surface area (Å²) in [5, 5.41) is 0. The molecule has 1 amide bonds. The normalized spacial score (nSPS) is 23.3. The summed E-state index contributed by atoms with van der Waals surface area (Å²) < 4.78 is 0. The van der Waals surface area contributed by atoms with Gasteiger partial charge in [0, 0.05) is 0 Å². The molecule has 0 fully saturated rings. The zero-order valence-corrected chi connectivity index (χ0v) is 9.31. The number of carbonyl (C=O) groups excluding carboxylic acids is 1. The Labute approximate surface area is 95.5 Å². The van der Waals surface area contributed by atoms with Crippen LogP contribution in [0.1, 0.15) is 17.5 Å². The standard InChI is InChI=1S/C14H15NO/c1-11-6-5-7-12(10-11)14(13(15)16)8-3-2-4-9-14/h2-8,10H,9H2,1H3,(H2,15,16). The van der Waals surface area contributed by atoms with Crippen LogP contribution in [0.25, 0.3) is 0 Å². The smallest absolute Gasteiger partial charge is 0.232 e. The predicted molar refractivity (Wildman–Crippen MR) is 64.9 cm³/mol. The first-order valence-corrected chi connectivity index (χ1v) is 5.36. The maximum absolute atomic E-state index is 11.7. The predicted octanol–water partition coefficient (Wildman–Crippen LogP) is 2.23. The Morgan fingerprint density at radius 2 is 2.19 bits per heavy atom. The summed E-state index contributed by atoms with van der Waals surface area (Å²) in [7, 11) is 0. The average molecular weight is 213 g/mol. The van der Waals surface area contributed by atoms with E-state index in [1.807, 2.05) is 55.5 Å². The third-order valence-electron chi connectivity index (χ3n) is 3.04. The molecule has 1 aromatic carbocycles. The fourth-order valence-electron chi connectivity index (χ4n) is 2.08. The maximum atomic E-state index is 11.7. The SMILES string of the molecule is Cc1cccc(C2(C(N)=O)C=CC=CC2)c1. The quantitative estimate of drug-likeness (QED) is 0.804. The first-order chi connectivity index (χ1) is 7.65. The molecule has 1 aliphatic rings. The summed E-state index contributed by atoms with van der Waals surface area (Å²) in [6, 6.07) is 7.96. The van der Waals surface area contributed by atoms with E-state index in [1.165, 1.54) is 0 Å². The van der Waals surface area contributed by atoms with Crippen molar-refractivity contribution in [1.29, 1.82) is 0 Å². The number of benzene rings is 1. The lowest BCUT2D eigenvalue weighted by molar-refractivity contribution is -0.121. The molecule has 82 valence electrons. The monoisotopic (exact) mass is 213 g/mol. The molecule has 0 aliphatic heterocycles. The molecule has 0 heterocycles. The second-order valence-electron chi connectivity index (χ2n) is 4.20. The fourth-order valence-corrected chi connectivity index (χ4v) is 2.08. The Bertz CT molecular complexity index is 473. The van der Waals surface area contributed by atoms with E-state index >= 15 is 0 Å². The Morgan fingerprint density at radius 3 is 2.75 bits per heavy atom. The third kappa shape index (κ3) is 1.67. The first kappa shape index (κ1) is 10.7. The Kier molecular flexibility index (Phi) is 2.65. The van der Waals surface area contributed by atoms with Crippen LogP contribution in [0, 0.1) is 6.92 Å². The number of carbonyl (C=O) groups is 1. The van der Waals surface area contributed by atoms with Crippen LogP contribution >= 0.6 is 0 Å². The summed E-state index contributed by atoms with van der Waals surface area (Å²) >= 11 is 0. The summed E-state index contributed by atoms with van der Waals surface area (Å²) in [6.45, 7) is 2.01. The van der Waals surface area contributed by atoms with Crippen LogP contribution in [0.5, 0.6) is 0 Å². The molecule has 0 aromatic heterocycles. The lowest BCUT2D eigenvalue weighted by Crippen LogP contribution is -2.39. The van der Waals surface area contributed by atoms with Crippen LogP contribution < -0.4 is 5.73 Å². The fraction of sp³-hybridized carbons (Fsp3) is 0.214. The molecule has 0 bridgehead atoms. The molecule has 2 heteroatoms. The Morgan fingerprint density at radius 1 is 1.38 bits per heavy atom.